The Morgan fingerprint density at radius 1 is 1.27 bits per heavy atom. The third kappa shape index (κ3) is 5.50. The zero-order valence-electron chi connectivity index (χ0n) is 10.4. The van der Waals surface area contributed by atoms with Crippen molar-refractivity contribution in [2.45, 2.75) is 38.6 Å². The summed E-state index contributed by atoms with van der Waals surface area (Å²) in [6.45, 7) is 8.34. The van der Waals surface area contributed by atoms with E-state index in [1.54, 1.807) is 0 Å². The fourth-order valence-corrected chi connectivity index (χ4v) is 2.02. The molecule has 90 valence electrons. The summed E-state index contributed by atoms with van der Waals surface area (Å²) in [6, 6.07) is 0.388. The lowest BCUT2D eigenvalue weighted by Crippen LogP contribution is -2.34. The van der Waals surface area contributed by atoms with Gasteiger partial charge < -0.3 is 15.5 Å². The van der Waals surface area contributed by atoms with Gasteiger partial charge in [0.25, 0.3) is 0 Å². The summed E-state index contributed by atoms with van der Waals surface area (Å²) in [4.78, 5) is 4.98. The Hall–Kier alpha value is -0.120. The third-order valence-corrected chi connectivity index (χ3v) is 3.40. The first-order valence-electron chi connectivity index (χ1n) is 6.39. The molecule has 3 nitrogen and oxygen atoms in total. The van der Waals surface area contributed by atoms with Crippen LogP contribution in [0.15, 0.2) is 0 Å². The molecule has 1 heterocycles. The van der Waals surface area contributed by atoms with Crippen molar-refractivity contribution in [1.29, 1.82) is 0 Å². The molecule has 1 atom stereocenters. The molecule has 1 aliphatic heterocycles. The third-order valence-electron chi connectivity index (χ3n) is 3.40. The summed E-state index contributed by atoms with van der Waals surface area (Å²) >= 11 is 0. The van der Waals surface area contributed by atoms with Crippen molar-refractivity contribution in [2.24, 2.45) is 5.73 Å². The quantitative estimate of drug-likeness (QED) is 0.688. The lowest BCUT2D eigenvalue weighted by molar-refractivity contribution is 0.251. The monoisotopic (exact) mass is 213 g/mol. The maximum Gasteiger partial charge on any atom is 0.0109 e. The minimum absolute atomic E-state index is 0.388. The smallest absolute Gasteiger partial charge is 0.0109 e. The molecule has 3 heteroatoms. The molecular formula is C12H27N3. The lowest BCUT2D eigenvalue weighted by Gasteiger charge is -2.22. The van der Waals surface area contributed by atoms with Crippen LogP contribution in [0.1, 0.15) is 32.6 Å². The van der Waals surface area contributed by atoms with E-state index in [0.29, 0.717) is 6.04 Å². The molecule has 0 aromatic rings. The molecule has 0 aromatic heterocycles. The van der Waals surface area contributed by atoms with E-state index in [4.69, 9.17) is 5.73 Å². The Bertz CT molecular complexity index is 155. The number of rotatable bonds is 7. The number of likely N-dealkylation sites (tertiary alicyclic amines) is 1. The first-order valence-corrected chi connectivity index (χ1v) is 6.39. The van der Waals surface area contributed by atoms with Crippen LogP contribution in [0.3, 0.4) is 0 Å². The largest absolute Gasteiger partial charge is 0.328 e. The van der Waals surface area contributed by atoms with Gasteiger partial charge in [-0.15, -0.1) is 0 Å². The summed E-state index contributed by atoms with van der Waals surface area (Å²) in [7, 11) is 2.21. The van der Waals surface area contributed by atoms with Gasteiger partial charge in [0.15, 0.2) is 0 Å². The van der Waals surface area contributed by atoms with Gasteiger partial charge in [-0.2, -0.15) is 0 Å². The van der Waals surface area contributed by atoms with Crippen LogP contribution in [0.25, 0.3) is 0 Å². The van der Waals surface area contributed by atoms with Crippen LogP contribution in [0.4, 0.5) is 0 Å². The molecule has 0 aromatic carbocycles. The van der Waals surface area contributed by atoms with Crippen LogP contribution in [0.2, 0.25) is 0 Å². The first-order chi connectivity index (χ1) is 7.22. The van der Waals surface area contributed by atoms with Crippen molar-refractivity contribution in [2.75, 3.05) is 39.8 Å². The van der Waals surface area contributed by atoms with Gasteiger partial charge in [0.1, 0.15) is 0 Å². The Labute approximate surface area is 94.6 Å². The van der Waals surface area contributed by atoms with Crippen LogP contribution in [-0.2, 0) is 0 Å². The second-order valence-corrected chi connectivity index (χ2v) is 4.81. The van der Waals surface area contributed by atoms with Crippen molar-refractivity contribution in [3.63, 3.8) is 0 Å². The fraction of sp³-hybridized carbons (Fsp3) is 1.00. The molecule has 0 aliphatic carbocycles. The molecule has 0 saturated carbocycles. The summed E-state index contributed by atoms with van der Waals surface area (Å²) in [5.41, 5.74) is 5.90. The highest BCUT2D eigenvalue weighted by atomic mass is 15.2. The average molecular weight is 213 g/mol. The maximum absolute atomic E-state index is 5.90. The van der Waals surface area contributed by atoms with Crippen molar-refractivity contribution in [1.82, 2.24) is 9.80 Å². The highest BCUT2D eigenvalue weighted by Gasteiger charge is 2.11. The van der Waals surface area contributed by atoms with E-state index < -0.39 is 0 Å². The molecule has 0 amide bonds. The van der Waals surface area contributed by atoms with Crippen molar-refractivity contribution in [3.8, 4) is 0 Å². The predicted octanol–water partition coefficient (Wildman–Crippen LogP) is 1.14. The minimum atomic E-state index is 0.388. The van der Waals surface area contributed by atoms with Gasteiger partial charge in [-0.05, 0) is 52.4 Å². The van der Waals surface area contributed by atoms with Gasteiger partial charge in [0.05, 0.1) is 0 Å². The van der Waals surface area contributed by atoms with E-state index in [1.165, 1.54) is 39.0 Å². The molecule has 1 fully saturated rings. The average Bonchev–Trinajstić information content (AvgIpc) is 2.75. The van der Waals surface area contributed by atoms with Crippen LogP contribution < -0.4 is 5.73 Å². The van der Waals surface area contributed by atoms with Crippen molar-refractivity contribution in [3.05, 3.63) is 0 Å². The highest BCUT2D eigenvalue weighted by molar-refractivity contribution is 4.68. The first kappa shape index (κ1) is 12.9. The second kappa shape index (κ2) is 7.20. The standard InChI is InChI=1S/C12H27N3/c1-3-12(13)6-9-14(2)10-11-15-7-4-5-8-15/h12H,3-11,13H2,1-2H3. The van der Waals surface area contributed by atoms with E-state index >= 15 is 0 Å². The number of nitrogens with two attached hydrogens (primary N) is 1. The van der Waals surface area contributed by atoms with E-state index in [-0.39, 0.29) is 0 Å². The lowest BCUT2D eigenvalue weighted by atomic mass is 10.1. The minimum Gasteiger partial charge on any atom is -0.328 e. The van der Waals surface area contributed by atoms with Crippen LogP contribution in [-0.4, -0.2) is 55.6 Å². The normalized spacial score (nSPS) is 20.0. The highest BCUT2D eigenvalue weighted by Crippen LogP contribution is 2.06. The number of hydrogen-bond donors (Lipinski definition) is 1. The summed E-state index contributed by atoms with van der Waals surface area (Å²) < 4.78 is 0. The van der Waals surface area contributed by atoms with E-state index in [1.807, 2.05) is 0 Å². The maximum atomic E-state index is 5.90. The molecule has 15 heavy (non-hydrogen) atoms. The fourth-order valence-electron chi connectivity index (χ4n) is 2.02. The topological polar surface area (TPSA) is 32.5 Å². The molecule has 1 saturated heterocycles. The summed E-state index contributed by atoms with van der Waals surface area (Å²) in [6.07, 6.45) is 5.02. The van der Waals surface area contributed by atoms with E-state index in [0.717, 1.165) is 19.4 Å². The zero-order chi connectivity index (χ0) is 11.1. The van der Waals surface area contributed by atoms with Gasteiger partial charge in [0.2, 0.25) is 0 Å². The SMILES string of the molecule is CCC(N)CCN(C)CCN1CCCC1. The van der Waals surface area contributed by atoms with Crippen LogP contribution in [0.5, 0.6) is 0 Å². The van der Waals surface area contributed by atoms with Crippen LogP contribution in [0, 0.1) is 0 Å². The van der Waals surface area contributed by atoms with Crippen molar-refractivity contribution < 1.29 is 0 Å². The predicted molar refractivity (Wildman–Crippen MR) is 66.1 cm³/mol. The van der Waals surface area contributed by atoms with Gasteiger partial charge in [0, 0.05) is 19.1 Å². The van der Waals surface area contributed by atoms with Crippen LogP contribution >= 0.6 is 0 Å². The van der Waals surface area contributed by atoms with E-state index in [2.05, 4.69) is 23.8 Å². The Morgan fingerprint density at radius 2 is 1.93 bits per heavy atom. The number of nitrogens with zero attached hydrogens (tertiary/aromatic N) is 2. The Morgan fingerprint density at radius 3 is 2.53 bits per heavy atom. The summed E-state index contributed by atoms with van der Waals surface area (Å²) in [5, 5.41) is 0. The molecule has 1 rings (SSSR count). The Kier molecular flexibility index (Phi) is 6.22. The van der Waals surface area contributed by atoms with Gasteiger partial charge in [-0.1, -0.05) is 6.92 Å². The molecule has 0 bridgehead atoms. The second-order valence-electron chi connectivity index (χ2n) is 4.81. The number of hydrogen-bond acceptors (Lipinski definition) is 3. The van der Waals surface area contributed by atoms with Gasteiger partial charge >= 0.3 is 0 Å². The van der Waals surface area contributed by atoms with E-state index in [9.17, 15) is 0 Å². The molecule has 0 radical (unpaired) electrons. The Balaban J connectivity index is 1.99. The van der Waals surface area contributed by atoms with Crippen molar-refractivity contribution >= 4 is 0 Å². The van der Waals surface area contributed by atoms with Gasteiger partial charge in [-0.3, -0.25) is 0 Å². The molecular weight excluding hydrogens is 186 g/mol. The summed E-state index contributed by atoms with van der Waals surface area (Å²) in [5.74, 6) is 0. The zero-order valence-corrected chi connectivity index (χ0v) is 10.4. The number of likely N-dealkylation sites (N-methyl/N-ethyl adjacent to an activating group) is 1. The molecule has 0 spiro atoms. The molecule has 2 N–H and O–H groups in total. The molecule has 1 unspecified atom stereocenters. The molecule has 1 aliphatic rings. The van der Waals surface area contributed by atoms with Gasteiger partial charge in [-0.25, -0.2) is 0 Å².